The van der Waals surface area contributed by atoms with Crippen LogP contribution in [0.1, 0.15) is 36.5 Å². The van der Waals surface area contributed by atoms with E-state index in [2.05, 4.69) is 30.6 Å². The molecular formula is C44H40ClF6N5O9. The average Bonchev–Trinajstić information content (AvgIpc) is 3.26. The molecule has 2 amide bonds. The number of piperidine rings is 1. The monoisotopic (exact) mass is 931 g/mol. The van der Waals surface area contributed by atoms with Crippen LogP contribution < -0.4 is 31.0 Å². The van der Waals surface area contributed by atoms with Crippen LogP contribution in [0.15, 0.2) is 95.8 Å². The summed E-state index contributed by atoms with van der Waals surface area (Å²) in [5.74, 6) is -6.14. The zero-order valence-electron chi connectivity index (χ0n) is 34.2. The van der Waals surface area contributed by atoms with Crippen LogP contribution in [0.25, 0.3) is 22.0 Å². The van der Waals surface area contributed by atoms with Crippen molar-refractivity contribution in [3.63, 3.8) is 0 Å². The molecule has 0 unspecified atom stereocenters. The molecule has 6 rings (SSSR count). The minimum Gasteiger partial charge on any atom is -0.496 e. The first-order valence-corrected chi connectivity index (χ1v) is 20.2. The number of halogens is 7. The highest BCUT2D eigenvalue weighted by atomic mass is 35.5. The van der Waals surface area contributed by atoms with Gasteiger partial charge in [0, 0.05) is 73.4 Å². The quantitative estimate of drug-likeness (QED) is 0.0451. The Labute approximate surface area is 371 Å². The molecule has 0 bridgehead atoms. The smallest absolute Gasteiger partial charge is 0.491 e. The highest BCUT2D eigenvalue weighted by Crippen LogP contribution is 2.35. The van der Waals surface area contributed by atoms with E-state index in [1.54, 1.807) is 6.07 Å². The third-order valence-electron chi connectivity index (χ3n) is 10.2. The van der Waals surface area contributed by atoms with Gasteiger partial charge in [0.25, 0.3) is 0 Å². The number of H-pyrrole nitrogens is 1. The molecule has 65 heavy (non-hydrogen) atoms. The van der Waals surface area contributed by atoms with Gasteiger partial charge >= 0.3 is 30.4 Å². The van der Waals surface area contributed by atoms with Gasteiger partial charge in [0.05, 0.1) is 29.0 Å². The Morgan fingerprint density at radius 2 is 1.52 bits per heavy atom. The van der Waals surface area contributed by atoms with Crippen LogP contribution in [-0.4, -0.2) is 85.6 Å². The number of ether oxygens (including phenoxy) is 4. The highest BCUT2D eigenvalue weighted by Gasteiger charge is 2.43. The molecule has 4 N–H and O–H groups in total. The number of nitrogens with zero attached hydrogens (tertiary/aromatic N) is 1. The van der Waals surface area contributed by atoms with Crippen molar-refractivity contribution in [2.45, 2.75) is 50.4 Å². The molecule has 1 aliphatic rings. The number of hydrogen-bond acceptors (Lipinski definition) is 11. The van der Waals surface area contributed by atoms with Gasteiger partial charge in [-0.05, 0) is 42.7 Å². The number of fused-ring (bicyclic) bond motifs is 1. The second kappa shape index (κ2) is 20.9. The molecule has 14 nitrogen and oxygen atoms in total. The summed E-state index contributed by atoms with van der Waals surface area (Å²) < 4.78 is 99.4. The summed E-state index contributed by atoms with van der Waals surface area (Å²) in [7, 11) is 1.33. The molecule has 0 aliphatic carbocycles. The molecule has 1 fully saturated rings. The normalized spacial score (nSPS) is 14.0. The number of aromatic nitrogens is 1. The van der Waals surface area contributed by atoms with E-state index in [1.807, 2.05) is 48.5 Å². The lowest BCUT2D eigenvalue weighted by Gasteiger charge is -2.31. The second-order valence-electron chi connectivity index (χ2n) is 14.6. The van der Waals surface area contributed by atoms with E-state index >= 15 is 0 Å². The number of amides is 2. The van der Waals surface area contributed by atoms with E-state index in [4.69, 9.17) is 25.8 Å². The Morgan fingerprint density at radius 1 is 0.831 bits per heavy atom. The van der Waals surface area contributed by atoms with Gasteiger partial charge in [-0.3, -0.25) is 14.9 Å². The lowest BCUT2D eigenvalue weighted by molar-refractivity contribution is -0.205. The minimum atomic E-state index is -5.44. The Kier molecular flexibility index (Phi) is 15.4. The third kappa shape index (κ3) is 12.8. The van der Waals surface area contributed by atoms with Gasteiger partial charge in [0.2, 0.25) is 11.5 Å². The molecule has 0 radical (unpaired) electrons. The molecule has 2 heterocycles. The fourth-order valence-electron chi connectivity index (χ4n) is 7.01. The summed E-state index contributed by atoms with van der Waals surface area (Å²) in [6, 6.07) is 23.7. The second-order valence-corrected chi connectivity index (χ2v) is 15.0. The van der Waals surface area contributed by atoms with Crippen molar-refractivity contribution in [1.82, 2.24) is 15.2 Å². The molecule has 4 aromatic carbocycles. The van der Waals surface area contributed by atoms with Crippen LogP contribution >= 0.6 is 11.6 Å². The number of aromatic amines is 1. The summed E-state index contributed by atoms with van der Waals surface area (Å²) in [6.07, 6.45) is -12.3. The van der Waals surface area contributed by atoms with Crippen LogP contribution in [-0.2, 0) is 30.4 Å². The number of carbonyl (C=O) groups is 4. The maximum Gasteiger partial charge on any atom is 0.491 e. The number of nitrogens with one attached hydrogen (secondary N) is 4. The number of anilines is 2. The van der Waals surface area contributed by atoms with E-state index in [0.717, 1.165) is 35.4 Å². The van der Waals surface area contributed by atoms with E-state index in [-0.39, 0.29) is 52.4 Å². The van der Waals surface area contributed by atoms with Gasteiger partial charge in [-0.15, -0.1) is 0 Å². The summed E-state index contributed by atoms with van der Waals surface area (Å²) >= 11 is 6.53. The fourth-order valence-corrected chi connectivity index (χ4v) is 7.25. The number of para-hydroxylation sites is 1. The molecule has 1 atom stereocenters. The molecule has 1 saturated heterocycles. The number of methoxy groups -OCH3 is 1. The number of alkyl halides is 6. The summed E-state index contributed by atoms with van der Waals surface area (Å²) in [6.45, 7) is 0.874. The van der Waals surface area contributed by atoms with Crippen molar-refractivity contribution in [3.8, 4) is 22.6 Å². The number of hydrogen-bond donors (Lipinski definition) is 4. The van der Waals surface area contributed by atoms with Gasteiger partial charge in [-0.2, -0.15) is 26.3 Å². The predicted molar refractivity (Wildman–Crippen MR) is 226 cm³/mol. The molecule has 5 aromatic rings. The molecule has 0 saturated carbocycles. The molecule has 1 aromatic heterocycles. The lowest BCUT2D eigenvalue weighted by atomic mass is 10.0. The molecule has 1 aliphatic heterocycles. The number of carbonyl (C=O) groups excluding carboxylic acids is 4. The van der Waals surface area contributed by atoms with E-state index < -0.39 is 59.9 Å². The number of pyridine rings is 1. The first-order valence-electron chi connectivity index (χ1n) is 19.8. The number of rotatable bonds is 15. The first kappa shape index (κ1) is 47.8. The summed E-state index contributed by atoms with van der Waals surface area (Å²) in [5, 5.41) is 8.32. The van der Waals surface area contributed by atoms with Crippen LogP contribution in [0.5, 0.6) is 11.5 Å². The zero-order valence-corrected chi connectivity index (χ0v) is 35.0. The van der Waals surface area contributed by atoms with Crippen LogP contribution in [0.3, 0.4) is 0 Å². The number of esters is 2. The maximum absolute atomic E-state index is 13.4. The van der Waals surface area contributed by atoms with Crippen LogP contribution in [0.2, 0.25) is 5.02 Å². The fraction of sp³-hybridized carbons (Fsp3) is 0.295. The lowest BCUT2D eigenvalue weighted by Crippen LogP contribution is -2.39. The Bertz CT molecular complexity index is 2590. The van der Waals surface area contributed by atoms with Gasteiger partial charge in [-0.1, -0.05) is 66.2 Å². The van der Waals surface area contributed by atoms with E-state index in [0.29, 0.717) is 43.7 Å². The third-order valence-corrected chi connectivity index (χ3v) is 10.5. The zero-order chi connectivity index (χ0) is 46.9. The van der Waals surface area contributed by atoms with Crippen LogP contribution in [0.4, 0.5) is 42.5 Å². The first-order chi connectivity index (χ1) is 30.9. The highest BCUT2D eigenvalue weighted by molar-refractivity contribution is 6.33. The molecule has 0 spiro atoms. The minimum absolute atomic E-state index is 0.0811. The van der Waals surface area contributed by atoms with Gasteiger partial charge in [0.1, 0.15) is 18.0 Å². The Morgan fingerprint density at radius 3 is 2.22 bits per heavy atom. The Balaban J connectivity index is 1.03. The van der Waals surface area contributed by atoms with Crippen LogP contribution in [0, 0.1) is 0 Å². The molecule has 21 heteroatoms. The van der Waals surface area contributed by atoms with Crippen molar-refractivity contribution in [1.29, 1.82) is 0 Å². The topological polar surface area (TPSA) is 177 Å². The van der Waals surface area contributed by atoms with Crippen molar-refractivity contribution in [3.05, 3.63) is 117 Å². The molecule has 344 valence electrons. The molecular weight excluding hydrogens is 892 g/mol. The number of benzene rings is 4. The maximum atomic E-state index is 13.4. The largest absolute Gasteiger partial charge is 0.496 e. The van der Waals surface area contributed by atoms with E-state index in [1.165, 1.54) is 19.2 Å². The van der Waals surface area contributed by atoms with Gasteiger partial charge in [0.15, 0.2) is 5.75 Å². The van der Waals surface area contributed by atoms with Crippen molar-refractivity contribution < 1.29 is 64.5 Å². The van der Waals surface area contributed by atoms with Gasteiger partial charge in [-0.25, -0.2) is 14.4 Å². The van der Waals surface area contributed by atoms with Gasteiger partial charge < -0.3 is 39.5 Å². The SMILES string of the molecule is COc1cc(NC(=O)CCN2CCC(OC(=O)Nc3ccccc3-c3ccccc3)CC2)c(Cl)cc1CNC[C@H](OC(=O)C(F)(F)F)c1ccc(OC(=O)C(F)(F)F)c2[nH]c(=O)ccc12. The summed E-state index contributed by atoms with van der Waals surface area (Å²) in [5.41, 5.74) is 1.47. The number of likely N-dealkylation sites (tertiary alicyclic amines) is 1. The van der Waals surface area contributed by atoms with Crippen molar-refractivity contribution in [2.75, 3.05) is 43.9 Å². The van der Waals surface area contributed by atoms with E-state index in [9.17, 15) is 50.3 Å². The predicted octanol–water partition coefficient (Wildman–Crippen LogP) is 8.30. The Hall–Kier alpha value is -6.64. The standard InChI is InChI=1S/C44H40ClF6N5O9/c1-62-35-22-33(53-38(58)17-20-56-18-15-27(16-19-56)63-42(61)54-32-10-6-5-9-28(32)25-7-3-2-4-8-25)31(45)21-26(35)23-52-24-36(65-41(60)44(49,50)51)29-11-13-34(64-40(59)43(46,47)48)39-30(29)12-14-37(57)55-39/h2-14,21-22,27,36,52H,15-20,23-24H2,1H3,(H,53,58)(H,54,61)(H,55,57)/t36-/m0/s1. The van der Waals surface area contributed by atoms with Crippen molar-refractivity contribution in [2.24, 2.45) is 0 Å². The average molecular weight is 932 g/mol. The van der Waals surface area contributed by atoms with Crippen molar-refractivity contribution >= 4 is 57.8 Å². The summed E-state index contributed by atoms with van der Waals surface area (Å²) in [4.78, 5) is 65.8.